The quantitative estimate of drug-likeness (QED) is 0.670. The predicted molar refractivity (Wildman–Crippen MR) is 88.9 cm³/mol. The third-order valence-corrected chi connectivity index (χ3v) is 3.98. The summed E-state index contributed by atoms with van der Waals surface area (Å²) in [6.07, 6.45) is 0.469. The molecule has 2 N–H and O–H groups in total. The molecular weight excluding hydrogens is 332 g/mol. The summed E-state index contributed by atoms with van der Waals surface area (Å²) in [5.74, 6) is -0.809. The number of carboxylic acid groups (broad SMARTS) is 1. The van der Waals surface area contributed by atoms with Crippen LogP contribution >= 0.6 is 11.3 Å². The van der Waals surface area contributed by atoms with Crippen molar-refractivity contribution in [2.45, 2.75) is 6.42 Å². The Hall–Kier alpha value is -2.45. The zero-order valence-electron chi connectivity index (χ0n) is 13.2. The molecule has 0 radical (unpaired) electrons. The van der Waals surface area contributed by atoms with E-state index in [0.717, 1.165) is 0 Å². The van der Waals surface area contributed by atoms with E-state index in [1.165, 1.54) is 16.7 Å². The number of thiazole rings is 1. The summed E-state index contributed by atoms with van der Waals surface area (Å²) in [7, 11) is 1.58. The minimum atomic E-state index is -1.05. The van der Waals surface area contributed by atoms with Crippen molar-refractivity contribution >= 4 is 23.2 Å². The van der Waals surface area contributed by atoms with E-state index in [1.807, 2.05) is 0 Å². The van der Waals surface area contributed by atoms with Gasteiger partial charge in [-0.05, 0) is 12.1 Å². The molecule has 0 bridgehead atoms. The van der Waals surface area contributed by atoms with E-state index >= 15 is 0 Å². The SMILES string of the molecule is COCCOc1ccccc1C(=O)NCCc1nc(C(=O)O)cs1. The number of methoxy groups -OCH3 is 1. The molecule has 7 nitrogen and oxygen atoms in total. The number of nitrogens with zero attached hydrogens (tertiary/aromatic N) is 1. The predicted octanol–water partition coefficient (Wildman–Crippen LogP) is 1.84. The highest BCUT2D eigenvalue weighted by atomic mass is 32.1. The van der Waals surface area contributed by atoms with Crippen LogP contribution in [0.3, 0.4) is 0 Å². The van der Waals surface area contributed by atoms with Crippen LogP contribution in [0.1, 0.15) is 25.9 Å². The second-order valence-electron chi connectivity index (χ2n) is 4.77. The lowest BCUT2D eigenvalue weighted by molar-refractivity contribution is 0.0690. The fourth-order valence-electron chi connectivity index (χ4n) is 1.92. The van der Waals surface area contributed by atoms with E-state index < -0.39 is 5.97 Å². The van der Waals surface area contributed by atoms with Crippen LogP contribution in [0.2, 0.25) is 0 Å². The largest absolute Gasteiger partial charge is 0.490 e. The highest BCUT2D eigenvalue weighted by Gasteiger charge is 2.13. The van der Waals surface area contributed by atoms with Crippen LogP contribution in [0, 0.1) is 0 Å². The molecule has 0 aliphatic carbocycles. The van der Waals surface area contributed by atoms with E-state index in [4.69, 9.17) is 14.6 Å². The van der Waals surface area contributed by atoms with Gasteiger partial charge in [0.1, 0.15) is 12.4 Å². The maximum Gasteiger partial charge on any atom is 0.355 e. The van der Waals surface area contributed by atoms with Crippen LogP contribution < -0.4 is 10.1 Å². The Labute approximate surface area is 143 Å². The van der Waals surface area contributed by atoms with Gasteiger partial charge in [-0.2, -0.15) is 0 Å². The molecule has 128 valence electrons. The van der Waals surface area contributed by atoms with Gasteiger partial charge < -0.3 is 19.9 Å². The van der Waals surface area contributed by atoms with E-state index in [1.54, 1.807) is 31.4 Å². The number of aromatic nitrogens is 1. The first-order chi connectivity index (χ1) is 11.6. The Balaban J connectivity index is 1.88. The van der Waals surface area contributed by atoms with Gasteiger partial charge in [0, 0.05) is 25.5 Å². The summed E-state index contributed by atoms with van der Waals surface area (Å²) in [5.41, 5.74) is 0.470. The number of para-hydroxylation sites is 1. The maximum absolute atomic E-state index is 12.3. The van der Waals surface area contributed by atoms with Gasteiger partial charge in [-0.25, -0.2) is 9.78 Å². The average molecular weight is 350 g/mol. The van der Waals surface area contributed by atoms with E-state index in [9.17, 15) is 9.59 Å². The average Bonchev–Trinajstić information content (AvgIpc) is 3.05. The van der Waals surface area contributed by atoms with E-state index in [2.05, 4.69) is 10.3 Å². The lowest BCUT2D eigenvalue weighted by Gasteiger charge is -2.11. The lowest BCUT2D eigenvalue weighted by Crippen LogP contribution is -2.26. The topological polar surface area (TPSA) is 97.8 Å². The zero-order chi connectivity index (χ0) is 17.4. The van der Waals surface area contributed by atoms with Gasteiger partial charge in [0.05, 0.1) is 17.2 Å². The minimum Gasteiger partial charge on any atom is -0.490 e. The molecule has 2 aromatic rings. The third-order valence-electron chi connectivity index (χ3n) is 3.07. The van der Waals surface area contributed by atoms with E-state index in [0.29, 0.717) is 42.5 Å². The molecule has 8 heteroatoms. The number of rotatable bonds is 9. The van der Waals surface area contributed by atoms with Gasteiger partial charge in [0.15, 0.2) is 5.69 Å². The first-order valence-corrected chi connectivity index (χ1v) is 8.16. The molecule has 0 fully saturated rings. The molecule has 0 unspecified atom stereocenters. The number of hydrogen-bond acceptors (Lipinski definition) is 6. The standard InChI is InChI=1S/C16H18N2O5S/c1-22-8-9-23-13-5-3-2-4-11(13)15(19)17-7-6-14-18-12(10-24-14)16(20)21/h2-5,10H,6-9H2,1H3,(H,17,19)(H,20,21). The van der Waals surface area contributed by atoms with Crippen LogP contribution in [0.25, 0.3) is 0 Å². The fraction of sp³-hybridized carbons (Fsp3) is 0.312. The number of carboxylic acids is 1. The Bertz CT molecular complexity index is 701. The first-order valence-electron chi connectivity index (χ1n) is 7.28. The fourth-order valence-corrected chi connectivity index (χ4v) is 2.69. The van der Waals surface area contributed by atoms with Crippen LogP contribution in [0.15, 0.2) is 29.6 Å². The number of aromatic carboxylic acids is 1. The molecule has 0 saturated heterocycles. The smallest absolute Gasteiger partial charge is 0.355 e. The summed E-state index contributed by atoms with van der Waals surface area (Å²) in [6, 6.07) is 6.97. The molecule has 0 aliphatic rings. The Kier molecular flexibility index (Phi) is 6.71. The highest BCUT2D eigenvalue weighted by molar-refractivity contribution is 7.09. The summed E-state index contributed by atoms with van der Waals surface area (Å²) >= 11 is 1.26. The Morgan fingerprint density at radius 3 is 2.79 bits per heavy atom. The molecule has 1 heterocycles. The van der Waals surface area contributed by atoms with Gasteiger partial charge in [-0.3, -0.25) is 4.79 Å². The maximum atomic E-state index is 12.3. The van der Waals surface area contributed by atoms with Gasteiger partial charge in [-0.1, -0.05) is 12.1 Å². The van der Waals surface area contributed by atoms with Crippen molar-refractivity contribution in [2.24, 2.45) is 0 Å². The second kappa shape index (κ2) is 8.99. The van der Waals surface area contributed by atoms with Crippen molar-refractivity contribution in [3.05, 3.63) is 45.9 Å². The Morgan fingerprint density at radius 2 is 2.08 bits per heavy atom. The number of carbonyl (C=O) groups excluding carboxylic acids is 1. The molecule has 24 heavy (non-hydrogen) atoms. The van der Waals surface area contributed by atoms with Crippen molar-refractivity contribution in [1.29, 1.82) is 0 Å². The molecule has 1 amide bonds. The molecule has 1 aromatic heterocycles. The number of ether oxygens (including phenoxy) is 2. The zero-order valence-corrected chi connectivity index (χ0v) is 14.0. The second-order valence-corrected chi connectivity index (χ2v) is 5.72. The highest BCUT2D eigenvalue weighted by Crippen LogP contribution is 2.18. The third kappa shape index (κ3) is 5.04. The van der Waals surface area contributed by atoms with Crippen molar-refractivity contribution in [1.82, 2.24) is 10.3 Å². The normalized spacial score (nSPS) is 10.4. The van der Waals surface area contributed by atoms with Crippen LogP contribution in [-0.2, 0) is 11.2 Å². The van der Waals surface area contributed by atoms with Gasteiger partial charge >= 0.3 is 5.97 Å². The van der Waals surface area contributed by atoms with Gasteiger partial charge in [0.2, 0.25) is 0 Å². The number of amides is 1. The monoisotopic (exact) mass is 350 g/mol. The number of benzene rings is 1. The number of hydrogen-bond donors (Lipinski definition) is 2. The molecule has 0 atom stereocenters. The van der Waals surface area contributed by atoms with Crippen molar-refractivity contribution < 1.29 is 24.2 Å². The van der Waals surface area contributed by atoms with Gasteiger partial charge in [-0.15, -0.1) is 11.3 Å². The summed E-state index contributed by atoms with van der Waals surface area (Å²) in [5, 5.41) is 13.8. The van der Waals surface area contributed by atoms with Crippen LogP contribution in [0.4, 0.5) is 0 Å². The van der Waals surface area contributed by atoms with Crippen LogP contribution in [-0.4, -0.2) is 48.8 Å². The summed E-state index contributed by atoms with van der Waals surface area (Å²) < 4.78 is 10.5. The molecular formula is C16H18N2O5S. The van der Waals surface area contributed by atoms with E-state index in [-0.39, 0.29) is 11.6 Å². The number of nitrogens with one attached hydrogen (secondary N) is 1. The summed E-state index contributed by atoms with van der Waals surface area (Å²) in [4.78, 5) is 27.0. The molecule has 2 rings (SSSR count). The molecule has 1 aromatic carbocycles. The minimum absolute atomic E-state index is 0.0261. The molecule has 0 aliphatic heterocycles. The molecule has 0 saturated carbocycles. The van der Waals surface area contributed by atoms with Crippen molar-refractivity contribution in [3.63, 3.8) is 0 Å². The lowest BCUT2D eigenvalue weighted by atomic mass is 10.2. The molecule has 0 spiro atoms. The number of carbonyl (C=O) groups is 2. The van der Waals surface area contributed by atoms with Gasteiger partial charge in [0.25, 0.3) is 5.91 Å². The van der Waals surface area contributed by atoms with Crippen molar-refractivity contribution in [3.8, 4) is 5.75 Å². The first kappa shape index (κ1) is 17.9. The van der Waals surface area contributed by atoms with Crippen LogP contribution in [0.5, 0.6) is 5.75 Å². The van der Waals surface area contributed by atoms with Crippen molar-refractivity contribution in [2.75, 3.05) is 26.9 Å². The summed E-state index contributed by atoms with van der Waals surface area (Å²) in [6.45, 7) is 1.15. The Morgan fingerprint density at radius 1 is 1.29 bits per heavy atom.